The molecule has 2 aromatic rings. The highest BCUT2D eigenvalue weighted by molar-refractivity contribution is 5.22. The second kappa shape index (κ2) is 6.68. The molecule has 3 rings (SSSR count). The van der Waals surface area contributed by atoms with Crippen molar-refractivity contribution in [1.29, 1.82) is 0 Å². The van der Waals surface area contributed by atoms with Crippen LogP contribution >= 0.6 is 0 Å². The van der Waals surface area contributed by atoms with Crippen molar-refractivity contribution in [2.24, 2.45) is 0 Å². The number of piperidine rings is 1. The standard InChI is InChI=1S/C17H22FN3O2/c1-13-14(9-19-20-13)10-21-7-3-6-17(22,11-21)12-23-16-5-2-4-15(18)8-16/h2,4-5,8-9,22H,3,6-7,10-12H2,1H3,(H,19,20). The van der Waals surface area contributed by atoms with Crippen molar-refractivity contribution < 1.29 is 14.2 Å². The summed E-state index contributed by atoms with van der Waals surface area (Å²) in [7, 11) is 0. The molecule has 0 amide bonds. The number of likely N-dealkylation sites (tertiary alicyclic amines) is 1. The number of benzene rings is 1. The number of halogens is 1. The van der Waals surface area contributed by atoms with Crippen molar-refractivity contribution >= 4 is 0 Å². The predicted molar refractivity (Wildman–Crippen MR) is 84.7 cm³/mol. The minimum atomic E-state index is -0.914. The van der Waals surface area contributed by atoms with E-state index in [1.54, 1.807) is 12.1 Å². The van der Waals surface area contributed by atoms with Crippen molar-refractivity contribution in [3.63, 3.8) is 0 Å². The van der Waals surface area contributed by atoms with Crippen LogP contribution in [0.2, 0.25) is 0 Å². The van der Waals surface area contributed by atoms with Crippen LogP contribution in [0.25, 0.3) is 0 Å². The third kappa shape index (κ3) is 4.09. The van der Waals surface area contributed by atoms with Crippen LogP contribution in [0.4, 0.5) is 4.39 Å². The van der Waals surface area contributed by atoms with Gasteiger partial charge < -0.3 is 9.84 Å². The fourth-order valence-corrected chi connectivity index (χ4v) is 3.01. The number of nitrogens with zero attached hydrogens (tertiary/aromatic N) is 2. The van der Waals surface area contributed by atoms with Crippen molar-refractivity contribution in [1.82, 2.24) is 15.1 Å². The quantitative estimate of drug-likeness (QED) is 0.887. The number of ether oxygens (including phenoxy) is 1. The second-order valence-electron chi connectivity index (χ2n) is 6.30. The first kappa shape index (κ1) is 16.0. The van der Waals surface area contributed by atoms with E-state index in [0.29, 0.717) is 18.7 Å². The van der Waals surface area contributed by atoms with Gasteiger partial charge in [0.05, 0.1) is 6.20 Å². The number of aryl methyl sites for hydroxylation is 1. The summed E-state index contributed by atoms with van der Waals surface area (Å²) in [5.74, 6) is 0.108. The highest BCUT2D eigenvalue weighted by Gasteiger charge is 2.34. The van der Waals surface area contributed by atoms with E-state index in [9.17, 15) is 9.50 Å². The molecule has 1 saturated heterocycles. The Balaban J connectivity index is 1.59. The van der Waals surface area contributed by atoms with Gasteiger partial charge >= 0.3 is 0 Å². The number of hydrogen-bond acceptors (Lipinski definition) is 4. The van der Waals surface area contributed by atoms with Gasteiger partial charge in [0, 0.05) is 30.4 Å². The number of β-amino-alcohol motifs (C(OH)–C–C–N with tert-alkyl or cyclic N) is 1. The van der Waals surface area contributed by atoms with E-state index in [1.165, 1.54) is 12.1 Å². The minimum Gasteiger partial charge on any atom is -0.490 e. The molecule has 0 radical (unpaired) electrons. The van der Waals surface area contributed by atoms with Gasteiger partial charge in [0.25, 0.3) is 0 Å². The molecular weight excluding hydrogens is 297 g/mol. The molecule has 1 aromatic heterocycles. The van der Waals surface area contributed by atoms with Crippen LogP contribution in [0.3, 0.4) is 0 Å². The molecule has 5 nitrogen and oxygen atoms in total. The maximum absolute atomic E-state index is 13.2. The third-order valence-electron chi connectivity index (χ3n) is 4.27. The second-order valence-corrected chi connectivity index (χ2v) is 6.30. The highest BCUT2D eigenvalue weighted by Crippen LogP contribution is 2.24. The Morgan fingerprint density at radius 2 is 2.35 bits per heavy atom. The van der Waals surface area contributed by atoms with E-state index in [4.69, 9.17) is 4.74 Å². The van der Waals surface area contributed by atoms with Gasteiger partial charge in [0.1, 0.15) is 23.8 Å². The maximum atomic E-state index is 13.2. The summed E-state index contributed by atoms with van der Waals surface area (Å²) in [5.41, 5.74) is 1.28. The summed E-state index contributed by atoms with van der Waals surface area (Å²) < 4.78 is 18.8. The van der Waals surface area contributed by atoms with Crippen LogP contribution in [0.15, 0.2) is 30.5 Å². The van der Waals surface area contributed by atoms with E-state index in [1.807, 2.05) is 13.1 Å². The van der Waals surface area contributed by atoms with Crippen molar-refractivity contribution in [3.05, 3.63) is 47.5 Å². The molecule has 2 heterocycles. The van der Waals surface area contributed by atoms with Gasteiger partial charge in [0.2, 0.25) is 0 Å². The molecule has 23 heavy (non-hydrogen) atoms. The van der Waals surface area contributed by atoms with Gasteiger partial charge in [-0.25, -0.2) is 4.39 Å². The SMILES string of the molecule is Cc1[nH]ncc1CN1CCCC(O)(COc2cccc(F)c2)C1. The van der Waals surface area contributed by atoms with Gasteiger partial charge in [-0.05, 0) is 38.4 Å². The first-order valence-electron chi connectivity index (χ1n) is 7.86. The summed E-state index contributed by atoms with van der Waals surface area (Å²) in [5, 5.41) is 17.8. The first-order valence-corrected chi connectivity index (χ1v) is 7.86. The Morgan fingerprint density at radius 1 is 1.48 bits per heavy atom. The van der Waals surface area contributed by atoms with Gasteiger partial charge in [-0.1, -0.05) is 6.07 Å². The molecule has 1 aliphatic rings. The van der Waals surface area contributed by atoms with E-state index in [-0.39, 0.29) is 12.4 Å². The monoisotopic (exact) mass is 319 g/mol. The van der Waals surface area contributed by atoms with Crippen molar-refractivity contribution in [3.8, 4) is 5.75 Å². The normalized spacial score (nSPS) is 22.2. The van der Waals surface area contributed by atoms with Crippen LogP contribution in [-0.2, 0) is 6.54 Å². The maximum Gasteiger partial charge on any atom is 0.126 e. The van der Waals surface area contributed by atoms with Crippen LogP contribution in [0.1, 0.15) is 24.1 Å². The number of aromatic nitrogens is 2. The molecule has 0 bridgehead atoms. The third-order valence-corrected chi connectivity index (χ3v) is 4.27. The van der Waals surface area contributed by atoms with E-state index in [0.717, 1.165) is 30.8 Å². The lowest BCUT2D eigenvalue weighted by Gasteiger charge is -2.38. The molecule has 1 atom stereocenters. The lowest BCUT2D eigenvalue weighted by atomic mass is 9.93. The van der Waals surface area contributed by atoms with Crippen LogP contribution in [-0.4, -0.2) is 45.5 Å². The molecule has 0 saturated carbocycles. The lowest BCUT2D eigenvalue weighted by Crippen LogP contribution is -2.51. The Kier molecular flexibility index (Phi) is 4.63. The molecular formula is C17H22FN3O2. The molecule has 1 unspecified atom stereocenters. The molecule has 2 N–H and O–H groups in total. The zero-order valence-electron chi connectivity index (χ0n) is 13.3. The van der Waals surface area contributed by atoms with Crippen molar-refractivity contribution in [2.45, 2.75) is 31.9 Å². The van der Waals surface area contributed by atoms with Crippen LogP contribution in [0.5, 0.6) is 5.75 Å². The summed E-state index contributed by atoms with van der Waals surface area (Å²) in [6, 6.07) is 6.00. The summed E-state index contributed by atoms with van der Waals surface area (Å²) in [4.78, 5) is 2.20. The number of H-pyrrole nitrogens is 1. The summed E-state index contributed by atoms with van der Waals surface area (Å²) in [6.45, 7) is 4.38. The highest BCUT2D eigenvalue weighted by atomic mass is 19.1. The average molecular weight is 319 g/mol. The molecule has 0 spiro atoms. The lowest BCUT2D eigenvalue weighted by molar-refractivity contribution is -0.0621. The Labute approximate surface area is 135 Å². The molecule has 1 fully saturated rings. The molecule has 1 aliphatic heterocycles. The van der Waals surface area contributed by atoms with Gasteiger partial charge in [-0.2, -0.15) is 5.10 Å². The molecule has 124 valence electrons. The predicted octanol–water partition coefficient (Wildman–Crippen LogP) is 2.26. The Bertz CT molecular complexity index is 661. The Hall–Kier alpha value is -1.92. The zero-order chi connectivity index (χ0) is 16.3. The van der Waals surface area contributed by atoms with E-state index in [2.05, 4.69) is 15.1 Å². The van der Waals surface area contributed by atoms with Crippen LogP contribution in [0, 0.1) is 12.7 Å². The number of rotatable bonds is 5. The fourth-order valence-electron chi connectivity index (χ4n) is 3.01. The average Bonchev–Trinajstić information content (AvgIpc) is 2.91. The van der Waals surface area contributed by atoms with E-state index < -0.39 is 5.60 Å². The Morgan fingerprint density at radius 3 is 3.09 bits per heavy atom. The molecule has 1 aromatic carbocycles. The number of aromatic amines is 1. The fraction of sp³-hybridized carbons (Fsp3) is 0.471. The van der Waals surface area contributed by atoms with Crippen molar-refractivity contribution in [2.75, 3.05) is 19.7 Å². The minimum absolute atomic E-state index is 0.164. The topological polar surface area (TPSA) is 61.4 Å². The summed E-state index contributed by atoms with van der Waals surface area (Å²) in [6.07, 6.45) is 3.41. The zero-order valence-corrected chi connectivity index (χ0v) is 13.3. The molecule has 0 aliphatic carbocycles. The van der Waals surface area contributed by atoms with Gasteiger partial charge in [-0.15, -0.1) is 0 Å². The van der Waals surface area contributed by atoms with Gasteiger partial charge in [-0.3, -0.25) is 10.00 Å². The largest absolute Gasteiger partial charge is 0.490 e. The van der Waals surface area contributed by atoms with Crippen LogP contribution < -0.4 is 4.74 Å². The number of aliphatic hydroxyl groups is 1. The first-order chi connectivity index (χ1) is 11.0. The van der Waals surface area contributed by atoms with E-state index >= 15 is 0 Å². The molecule has 6 heteroatoms. The number of hydrogen-bond donors (Lipinski definition) is 2. The summed E-state index contributed by atoms with van der Waals surface area (Å²) >= 11 is 0. The van der Waals surface area contributed by atoms with Gasteiger partial charge in [0.15, 0.2) is 0 Å². The number of nitrogens with one attached hydrogen (secondary N) is 1. The smallest absolute Gasteiger partial charge is 0.126 e.